The van der Waals surface area contributed by atoms with Gasteiger partial charge >= 0.3 is 17.9 Å². The van der Waals surface area contributed by atoms with Gasteiger partial charge in [0, 0.05) is 19.3 Å². The van der Waals surface area contributed by atoms with Crippen LogP contribution in [0.2, 0.25) is 0 Å². The number of carbonyl (C=O) groups is 3. The topological polar surface area (TPSA) is 78.9 Å². The molecular weight excluding hydrogens is 985 g/mol. The Hall–Kier alpha value is -2.63. The zero-order valence-electron chi connectivity index (χ0n) is 53.9. The molecule has 0 heterocycles. The van der Waals surface area contributed by atoms with Gasteiger partial charge in [-0.25, -0.2) is 0 Å². The molecule has 80 heavy (non-hydrogen) atoms. The Balaban J connectivity index is 4.10. The third-order valence-electron chi connectivity index (χ3n) is 16.1. The summed E-state index contributed by atoms with van der Waals surface area (Å²) in [7, 11) is 0. The van der Waals surface area contributed by atoms with Crippen LogP contribution in [-0.2, 0) is 28.6 Å². The van der Waals surface area contributed by atoms with E-state index in [0.29, 0.717) is 19.3 Å². The maximum Gasteiger partial charge on any atom is 0.306 e. The van der Waals surface area contributed by atoms with Gasteiger partial charge < -0.3 is 14.2 Å². The van der Waals surface area contributed by atoms with Crippen LogP contribution in [0.1, 0.15) is 387 Å². The normalized spacial score (nSPS) is 12.3. The molecule has 0 aromatic heterocycles. The van der Waals surface area contributed by atoms with Crippen LogP contribution < -0.4 is 0 Å². The predicted octanol–water partition coefficient (Wildman–Crippen LogP) is 24.5. The lowest BCUT2D eigenvalue weighted by Crippen LogP contribution is -2.30. The molecule has 0 saturated heterocycles. The second-order valence-corrected chi connectivity index (χ2v) is 24.1. The quantitative estimate of drug-likeness (QED) is 0.0261. The van der Waals surface area contributed by atoms with Crippen molar-refractivity contribution in [2.75, 3.05) is 13.2 Å². The molecule has 0 aromatic carbocycles. The number of rotatable bonds is 66. The highest BCUT2D eigenvalue weighted by atomic mass is 16.6. The first-order valence-corrected chi connectivity index (χ1v) is 35.6. The molecule has 6 nitrogen and oxygen atoms in total. The summed E-state index contributed by atoms with van der Waals surface area (Å²) in [5.74, 6) is -0.867. The fraction of sp³-hybridized carbons (Fsp3) is 0.851. The van der Waals surface area contributed by atoms with Crippen LogP contribution in [0, 0.1) is 0 Å². The molecule has 1 unspecified atom stereocenters. The first-order valence-electron chi connectivity index (χ1n) is 35.6. The fourth-order valence-electron chi connectivity index (χ4n) is 10.8. The van der Waals surface area contributed by atoms with Crippen molar-refractivity contribution in [1.82, 2.24) is 0 Å². The van der Waals surface area contributed by atoms with Crippen molar-refractivity contribution in [3.8, 4) is 0 Å². The molecule has 0 saturated carbocycles. The van der Waals surface area contributed by atoms with Gasteiger partial charge in [0.1, 0.15) is 13.2 Å². The third-order valence-corrected chi connectivity index (χ3v) is 16.1. The SMILES string of the molecule is CC/C=C\C/C=C\C/C=C\CCCCCCCC(=O)OC(COC(=O)CCCCCCCCCCCCCCCC)COC(=O)CCCCCCCCCCCCCCCCCCCCCCC/C=C\CCCCCCCCCC. The lowest BCUT2D eigenvalue weighted by molar-refractivity contribution is -0.167. The van der Waals surface area contributed by atoms with Crippen LogP contribution >= 0.6 is 0 Å². The monoisotopic (exact) mass is 1120 g/mol. The van der Waals surface area contributed by atoms with Crippen LogP contribution in [0.15, 0.2) is 48.6 Å². The standard InChI is InChI=1S/C74H136O6/c1-4-7-10-13-16-19-22-25-28-29-30-31-32-33-34-35-36-37-38-39-40-41-42-43-44-45-47-49-52-55-58-61-64-67-73(76)79-70-71(69-78-72(75)66-63-60-57-54-51-48-27-24-21-18-15-12-9-6-3)80-74(77)68-65-62-59-56-53-50-46-26-23-20-17-14-11-8-5-2/h8,11,17,20,26,29-30,46,71H,4-7,9-10,12-16,18-19,21-25,27-28,31-45,47-70H2,1-3H3/b11-8-,20-17-,30-29-,46-26-. The molecular formula is C74H136O6. The first kappa shape index (κ1) is 77.4. The van der Waals surface area contributed by atoms with E-state index < -0.39 is 6.10 Å². The van der Waals surface area contributed by atoms with Gasteiger partial charge in [-0.1, -0.05) is 339 Å². The number of allylic oxidation sites excluding steroid dienone is 8. The average Bonchev–Trinajstić information content (AvgIpc) is 3.46. The number of ether oxygens (including phenoxy) is 3. The summed E-state index contributed by atoms with van der Waals surface area (Å²) >= 11 is 0. The zero-order valence-corrected chi connectivity index (χ0v) is 53.9. The molecule has 0 aliphatic heterocycles. The Labute approximate surface area is 498 Å². The Morgan fingerprint density at radius 2 is 0.487 bits per heavy atom. The van der Waals surface area contributed by atoms with Crippen molar-refractivity contribution in [1.29, 1.82) is 0 Å². The van der Waals surface area contributed by atoms with Crippen molar-refractivity contribution >= 4 is 17.9 Å². The molecule has 0 bridgehead atoms. The molecule has 468 valence electrons. The number of esters is 3. The zero-order chi connectivity index (χ0) is 57.8. The Bertz CT molecular complexity index is 1380. The minimum atomic E-state index is -0.780. The summed E-state index contributed by atoms with van der Waals surface area (Å²) in [6.45, 7) is 6.58. The maximum absolute atomic E-state index is 12.9. The summed E-state index contributed by atoms with van der Waals surface area (Å²) in [4.78, 5) is 38.3. The van der Waals surface area contributed by atoms with Crippen LogP contribution in [0.4, 0.5) is 0 Å². The van der Waals surface area contributed by atoms with Gasteiger partial charge in [0.05, 0.1) is 0 Å². The van der Waals surface area contributed by atoms with Crippen molar-refractivity contribution in [3.05, 3.63) is 48.6 Å². The Kier molecular flexibility index (Phi) is 66.6. The van der Waals surface area contributed by atoms with Gasteiger partial charge in [-0.2, -0.15) is 0 Å². The summed E-state index contributed by atoms with van der Waals surface area (Å²) in [5, 5.41) is 0. The molecule has 0 spiro atoms. The van der Waals surface area contributed by atoms with Gasteiger partial charge in [-0.3, -0.25) is 14.4 Å². The van der Waals surface area contributed by atoms with E-state index >= 15 is 0 Å². The molecule has 0 rings (SSSR count). The first-order chi connectivity index (χ1) is 39.5. The predicted molar refractivity (Wildman–Crippen MR) is 349 cm³/mol. The smallest absolute Gasteiger partial charge is 0.306 e. The van der Waals surface area contributed by atoms with Crippen molar-refractivity contribution in [2.45, 2.75) is 393 Å². The summed E-state index contributed by atoms with van der Waals surface area (Å²) in [6.07, 6.45) is 87.3. The van der Waals surface area contributed by atoms with E-state index in [1.807, 2.05) is 0 Å². The lowest BCUT2D eigenvalue weighted by atomic mass is 10.0. The Morgan fingerprint density at radius 3 is 0.775 bits per heavy atom. The highest BCUT2D eigenvalue weighted by Crippen LogP contribution is 2.18. The van der Waals surface area contributed by atoms with Crippen LogP contribution in [-0.4, -0.2) is 37.2 Å². The molecule has 0 amide bonds. The molecule has 0 aliphatic rings. The summed E-state index contributed by atoms with van der Waals surface area (Å²) in [6, 6.07) is 0. The van der Waals surface area contributed by atoms with E-state index in [1.54, 1.807) is 0 Å². The van der Waals surface area contributed by atoms with Gasteiger partial charge in [0.2, 0.25) is 0 Å². The number of hydrogen-bond acceptors (Lipinski definition) is 6. The van der Waals surface area contributed by atoms with Crippen LogP contribution in [0.3, 0.4) is 0 Å². The minimum Gasteiger partial charge on any atom is -0.462 e. The molecule has 6 heteroatoms. The molecule has 0 aliphatic carbocycles. The highest BCUT2D eigenvalue weighted by Gasteiger charge is 2.19. The third kappa shape index (κ3) is 66.2. The van der Waals surface area contributed by atoms with Gasteiger partial charge in [-0.05, 0) is 77.0 Å². The molecule has 0 N–H and O–H groups in total. The second-order valence-electron chi connectivity index (χ2n) is 24.1. The van der Waals surface area contributed by atoms with E-state index in [4.69, 9.17) is 14.2 Å². The van der Waals surface area contributed by atoms with Gasteiger partial charge in [0.25, 0.3) is 0 Å². The largest absolute Gasteiger partial charge is 0.462 e. The summed E-state index contributed by atoms with van der Waals surface area (Å²) in [5.41, 5.74) is 0. The van der Waals surface area contributed by atoms with Crippen LogP contribution in [0.5, 0.6) is 0 Å². The second kappa shape index (κ2) is 68.9. The van der Waals surface area contributed by atoms with Crippen molar-refractivity contribution < 1.29 is 28.6 Å². The molecule has 1 atom stereocenters. The van der Waals surface area contributed by atoms with E-state index in [1.165, 1.54) is 250 Å². The average molecular weight is 1120 g/mol. The van der Waals surface area contributed by atoms with E-state index in [2.05, 4.69) is 69.4 Å². The van der Waals surface area contributed by atoms with E-state index in [-0.39, 0.29) is 31.1 Å². The van der Waals surface area contributed by atoms with E-state index in [0.717, 1.165) is 96.3 Å². The van der Waals surface area contributed by atoms with Gasteiger partial charge in [0.15, 0.2) is 6.10 Å². The summed E-state index contributed by atoms with van der Waals surface area (Å²) < 4.78 is 16.9. The number of unbranched alkanes of at least 4 members (excludes halogenated alkanes) is 47. The lowest BCUT2D eigenvalue weighted by Gasteiger charge is -2.18. The van der Waals surface area contributed by atoms with Crippen molar-refractivity contribution in [2.24, 2.45) is 0 Å². The minimum absolute atomic E-state index is 0.0752. The van der Waals surface area contributed by atoms with Gasteiger partial charge in [-0.15, -0.1) is 0 Å². The number of carbonyl (C=O) groups excluding carboxylic acids is 3. The maximum atomic E-state index is 12.9. The van der Waals surface area contributed by atoms with E-state index in [9.17, 15) is 14.4 Å². The molecule has 0 aromatic rings. The highest BCUT2D eigenvalue weighted by molar-refractivity contribution is 5.71. The van der Waals surface area contributed by atoms with Crippen molar-refractivity contribution in [3.63, 3.8) is 0 Å². The molecule has 0 radical (unpaired) electrons. The Morgan fingerprint density at radius 1 is 0.263 bits per heavy atom. The van der Waals surface area contributed by atoms with Crippen LogP contribution in [0.25, 0.3) is 0 Å². The number of hydrogen-bond donors (Lipinski definition) is 0. The molecule has 0 fully saturated rings. The fourth-order valence-corrected chi connectivity index (χ4v) is 10.8.